The molecular formula is C3H11N+2. The van der Waals surface area contributed by atoms with Gasteiger partial charge in [0, 0.05) is 0 Å². The summed E-state index contributed by atoms with van der Waals surface area (Å²) in [5, 5.41) is 0. The molecule has 0 atom stereocenters. The molecule has 0 spiro atoms. The summed E-state index contributed by atoms with van der Waals surface area (Å²) in [5.41, 5.74) is 5.03. The van der Waals surface area contributed by atoms with Crippen LogP contribution in [0.2, 0.25) is 0 Å². The van der Waals surface area contributed by atoms with Gasteiger partial charge in [0.1, 0.15) is 0 Å². The van der Waals surface area contributed by atoms with Gasteiger partial charge in [0.2, 0.25) is 0 Å². The molecule has 0 aromatic carbocycles. The monoisotopic (exact) mass is 61.1 g/mol. The molecule has 0 aliphatic rings. The van der Waals surface area contributed by atoms with Crippen molar-refractivity contribution in [3.63, 3.8) is 0 Å². The molecule has 0 radical (unpaired) electrons. The molecule has 0 heterocycles. The molecule has 0 unspecified atom stereocenters. The van der Waals surface area contributed by atoms with E-state index in [2.05, 4.69) is 6.92 Å². The van der Waals surface area contributed by atoms with Crippen LogP contribution in [0.15, 0.2) is 0 Å². The summed E-state index contributed by atoms with van der Waals surface area (Å²) in [7, 11) is 0. The third-order valence-electron chi connectivity index (χ3n) is 0.289. The van der Waals surface area contributed by atoms with Gasteiger partial charge >= 0.3 is 2.85 Å². The van der Waals surface area contributed by atoms with Crippen molar-refractivity contribution >= 4 is 0 Å². The third kappa shape index (κ3) is 1.96. The van der Waals surface area contributed by atoms with E-state index in [1.165, 1.54) is 0 Å². The molecule has 0 saturated carbocycles. The van der Waals surface area contributed by atoms with Crippen LogP contribution < -0.4 is 5.73 Å². The molecule has 4 heavy (non-hydrogen) atoms. The van der Waals surface area contributed by atoms with E-state index < -0.39 is 0 Å². The van der Waals surface area contributed by atoms with E-state index in [4.69, 9.17) is 5.73 Å². The highest BCUT2D eigenvalue weighted by Crippen LogP contribution is 1.57. The number of hydrogen-bond acceptors (Lipinski definition) is 1. The molecule has 0 fully saturated rings. The van der Waals surface area contributed by atoms with Crippen molar-refractivity contribution in [3.05, 3.63) is 0 Å². The molecule has 0 aliphatic carbocycles. The van der Waals surface area contributed by atoms with Crippen LogP contribution >= 0.6 is 0 Å². The van der Waals surface area contributed by atoms with Gasteiger partial charge in [-0.3, -0.25) is 0 Å². The second kappa shape index (κ2) is 2.96. The molecule has 0 rings (SSSR count). The quantitative estimate of drug-likeness (QED) is 0.471. The summed E-state index contributed by atoms with van der Waals surface area (Å²) in [6, 6.07) is 0. The van der Waals surface area contributed by atoms with Gasteiger partial charge < -0.3 is 5.73 Å². The van der Waals surface area contributed by atoms with Crippen LogP contribution in [-0.2, 0) is 0 Å². The number of rotatable bonds is 1. The molecule has 1 heteroatoms. The minimum atomic E-state index is 0. The van der Waals surface area contributed by atoms with Crippen molar-refractivity contribution in [2.24, 2.45) is 5.73 Å². The molecule has 0 saturated heterocycles. The maximum absolute atomic E-state index is 5.03. The van der Waals surface area contributed by atoms with Crippen LogP contribution in [0.3, 0.4) is 0 Å². The Hall–Kier alpha value is -0.0400. The van der Waals surface area contributed by atoms with Crippen molar-refractivity contribution in [1.82, 2.24) is 0 Å². The Morgan fingerprint density at radius 3 is 2.25 bits per heavy atom. The highest BCUT2D eigenvalue weighted by atomic mass is 14.5. The standard InChI is InChI=1S/C3H9N/c1-2-3-4/h2-4H2,1H3/p+2. The first kappa shape index (κ1) is 3.96. The first-order valence-corrected chi connectivity index (χ1v) is 1.62. The summed E-state index contributed by atoms with van der Waals surface area (Å²) in [6.45, 7) is 2.88. The van der Waals surface area contributed by atoms with Crippen LogP contribution in [0.1, 0.15) is 16.2 Å². The van der Waals surface area contributed by atoms with E-state index in [0.717, 1.165) is 13.0 Å². The van der Waals surface area contributed by atoms with Gasteiger partial charge in [-0.1, -0.05) is 6.92 Å². The van der Waals surface area contributed by atoms with Crippen molar-refractivity contribution in [2.75, 3.05) is 6.54 Å². The van der Waals surface area contributed by atoms with Crippen molar-refractivity contribution in [1.29, 1.82) is 0 Å². The normalized spacial score (nSPS) is 7.50. The van der Waals surface area contributed by atoms with Crippen molar-refractivity contribution < 1.29 is 2.85 Å². The average Bonchev–Trinajstić information content (AvgIpc) is 1.37. The summed E-state index contributed by atoms with van der Waals surface area (Å²) < 4.78 is 0. The summed E-state index contributed by atoms with van der Waals surface area (Å²) in [4.78, 5) is 0. The Kier molecular flexibility index (Phi) is 2.93. The van der Waals surface area contributed by atoms with E-state index >= 15 is 0 Å². The highest BCUT2D eigenvalue weighted by Gasteiger charge is 1.55. The summed E-state index contributed by atoms with van der Waals surface area (Å²) in [5.74, 6) is 0. The zero-order valence-corrected chi connectivity index (χ0v) is 2.99. The Morgan fingerprint density at radius 2 is 2.25 bits per heavy atom. The summed E-state index contributed by atoms with van der Waals surface area (Å²) >= 11 is 0. The predicted molar refractivity (Wildman–Crippen MR) is 21.6 cm³/mol. The highest BCUT2D eigenvalue weighted by molar-refractivity contribution is 4.19. The molecule has 0 bridgehead atoms. The molecule has 0 aromatic rings. The smallest absolute Gasteiger partial charge is 0.330 e. The third-order valence-corrected chi connectivity index (χ3v) is 0.289. The topological polar surface area (TPSA) is 26.0 Å². The van der Waals surface area contributed by atoms with Crippen LogP contribution in [0, 0.1) is 0 Å². The minimum Gasteiger partial charge on any atom is -0.330 e. The summed E-state index contributed by atoms with van der Waals surface area (Å²) in [6.07, 6.45) is 1.10. The molecule has 0 amide bonds. The zero-order valence-electron chi connectivity index (χ0n) is 4.99. The van der Waals surface area contributed by atoms with E-state index in [9.17, 15) is 0 Å². The van der Waals surface area contributed by atoms with E-state index in [-0.39, 0.29) is 2.85 Å². The molecule has 0 aromatic heterocycles. The molecule has 0 aliphatic heterocycles. The van der Waals surface area contributed by atoms with Crippen LogP contribution in [0.4, 0.5) is 0 Å². The number of nitrogens with two attached hydrogens (primary N) is 1. The van der Waals surface area contributed by atoms with Gasteiger partial charge in [0.05, 0.1) is 0 Å². The Bertz CT molecular complexity index is 10.8. The maximum atomic E-state index is 5.03. The van der Waals surface area contributed by atoms with Gasteiger partial charge in [-0.25, -0.2) is 0 Å². The average molecular weight is 61.1 g/mol. The number of hydrogen-bond donors (Lipinski definition) is 1. The fraction of sp³-hybridized carbons (Fsp3) is 1.00. The van der Waals surface area contributed by atoms with Gasteiger partial charge in [0.15, 0.2) is 0 Å². The van der Waals surface area contributed by atoms with Crippen molar-refractivity contribution in [3.8, 4) is 0 Å². The zero-order chi connectivity index (χ0) is 3.41. The predicted octanol–water partition coefficient (Wildman–Crippen LogP) is 0.580. The lowest BCUT2D eigenvalue weighted by molar-refractivity contribution is 0.932. The lowest BCUT2D eigenvalue weighted by Gasteiger charge is -1.70. The fourth-order valence-corrected chi connectivity index (χ4v) is 0. The van der Waals surface area contributed by atoms with Crippen LogP contribution in [0.25, 0.3) is 0 Å². The second-order valence-electron chi connectivity index (χ2n) is 0.789. The Morgan fingerprint density at radius 1 is 2.00 bits per heavy atom. The van der Waals surface area contributed by atoms with Crippen molar-refractivity contribution in [2.45, 2.75) is 13.3 Å². The minimum absolute atomic E-state index is 0. The van der Waals surface area contributed by atoms with E-state index in [1.54, 1.807) is 0 Å². The second-order valence-corrected chi connectivity index (χ2v) is 0.789. The maximum Gasteiger partial charge on any atom is 1.00 e. The first-order chi connectivity index (χ1) is 1.91. The van der Waals surface area contributed by atoms with Crippen LogP contribution in [0.5, 0.6) is 0 Å². The molecule has 2 N–H and O–H groups in total. The van der Waals surface area contributed by atoms with E-state index in [1.807, 2.05) is 0 Å². The lowest BCUT2D eigenvalue weighted by Crippen LogP contribution is -1.93. The Balaban J connectivity index is -0.0000000450. The van der Waals surface area contributed by atoms with E-state index in [0.29, 0.717) is 0 Å². The largest absolute Gasteiger partial charge is 1.00 e. The Labute approximate surface area is 29.8 Å². The molecule has 26 valence electrons. The van der Waals surface area contributed by atoms with Crippen LogP contribution in [-0.4, -0.2) is 6.54 Å². The fourth-order valence-electron chi connectivity index (χ4n) is 0. The molecule has 1 nitrogen and oxygen atoms in total. The SMILES string of the molecule is CCCN.[H+].[H+]. The van der Waals surface area contributed by atoms with Gasteiger partial charge in [-0.05, 0) is 13.0 Å². The lowest BCUT2D eigenvalue weighted by atomic mass is 10.5. The van der Waals surface area contributed by atoms with Gasteiger partial charge in [-0.15, -0.1) is 0 Å². The van der Waals surface area contributed by atoms with Gasteiger partial charge in [0.25, 0.3) is 0 Å². The van der Waals surface area contributed by atoms with Gasteiger partial charge in [-0.2, -0.15) is 0 Å². The first-order valence-electron chi connectivity index (χ1n) is 1.62. The molecular weight excluding hydrogens is 50.0 g/mol.